The summed E-state index contributed by atoms with van der Waals surface area (Å²) in [7, 11) is 2.05. The Balaban J connectivity index is 1.97. The fraction of sp³-hybridized carbons (Fsp3) is 0.381. The van der Waals surface area contributed by atoms with E-state index in [2.05, 4.69) is 58.7 Å². The number of carbonyl (C=O) groups excluding carboxylic acids is 1. The number of nitrogens with zero attached hydrogens (tertiary/aromatic N) is 1. The molecule has 24 heavy (non-hydrogen) atoms. The lowest BCUT2D eigenvalue weighted by Gasteiger charge is -2.30. The number of hydrogen-bond acceptors (Lipinski definition) is 2. The summed E-state index contributed by atoms with van der Waals surface area (Å²) in [4.78, 5) is 14.4. The fourth-order valence-corrected chi connectivity index (χ4v) is 3.65. The van der Waals surface area contributed by atoms with E-state index in [0.29, 0.717) is 6.54 Å². The molecule has 126 valence electrons. The van der Waals surface area contributed by atoms with Gasteiger partial charge in [0.05, 0.1) is 12.6 Å². The van der Waals surface area contributed by atoms with Crippen LogP contribution in [0.25, 0.3) is 0 Å². The summed E-state index contributed by atoms with van der Waals surface area (Å²) in [5.74, 6) is 0.0757. The molecule has 1 aliphatic carbocycles. The fourth-order valence-electron chi connectivity index (χ4n) is 3.65. The number of likely N-dealkylation sites (N-methyl/N-ethyl adjacent to an activating group) is 1. The number of nitrogens with one attached hydrogen (secondary N) is 1. The van der Waals surface area contributed by atoms with Gasteiger partial charge in [-0.05, 0) is 56.0 Å². The van der Waals surface area contributed by atoms with Gasteiger partial charge in [0.2, 0.25) is 5.91 Å². The number of carbonyl (C=O) groups is 1. The van der Waals surface area contributed by atoms with Crippen molar-refractivity contribution in [3.8, 4) is 0 Å². The Labute approximate surface area is 144 Å². The van der Waals surface area contributed by atoms with Gasteiger partial charge < -0.3 is 5.32 Å². The van der Waals surface area contributed by atoms with E-state index in [-0.39, 0.29) is 18.0 Å². The third kappa shape index (κ3) is 3.51. The van der Waals surface area contributed by atoms with Crippen molar-refractivity contribution >= 4 is 5.91 Å². The molecule has 3 heteroatoms. The van der Waals surface area contributed by atoms with Gasteiger partial charge in [0.25, 0.3) is 0 Å². The van der Waals surface area contributed by atoms with Crippen LogP contribution in [-0.4, -0.2) is 30.4 Å². The van der Waals surface area contributed by atoms with Crippen molar-refractivity contribution in [2.45, 2.75) is 38.8 Å². The number of aryl methyl sites for hydroxylation is 2. The molecule has 1 amide bonds. The van der Waals surface area contributed by atoms with Crippen molar-refractivity contribution in [1.82, 2.24) is 10.2 Å². The Kier molecular flexibility index (Phi) is 5.00. The molecule has 3 rings (SSSR count). The third-order valence-electron chi connectivity index (χ3n) is 4.65. The molecule has 2 aromatic rings. The monoisotopic (exact) mass is 322 g/mol. The van der Waals surface area contributed by atoms with Crippen LogP contribution in [0.3, 0.4) is 0 Å². The highest BCUT2D eigenvalue weighted by atomic mass is 16.2. The van der Waals surface area contributed by atoms with Gasteiger partial charge in [-0.15, -0.1) is 0 Å². The molecule has 0 radical (unpaired) electrons. The predicted molar refractivity (Wildman–Crippen MR) is 98.0 cm³/mol. The minimum Gasteiger partial charge on any atom is -0.353 e. The van der Waals surface area contributed by atoms with Crippen LogP contribution in [0.15, 0.2) is 48.5 Å². The zero-order valence-electron chi connectivity index (χ0n) is 14.8. The molecule has 2 aromatic carbocycles. The molecule has 0 aliphatic heterocycles. The van der Waals surface area contributed by atoms with Crippen molar-refractivity contribution in [2.75, 3.05) is 13.6 Å². The molecule has 1 aliphatic rings. The second kappa shape index (κ2) is 7.18. The molecule has 0 fully saturated rings. The normalized spacial score (nSPS) is 14.2. The molecule has 0 bridgehead atoms. The maximum absolute atomic E-state index is 12.3. The van der Waals surface area contributed by atoms with Gasteiger partial charge in [-0.25, -0.2) is 0 Å². The van der Waals surface area contributed by atoms with Crippen LogP contribution >= 0.6 is 0 Å². The number of hydrogen-bond donors (Lipinski definition) is 1. The second-order valence-electron chi connectivity index (χ2n) is 6.94. The van der Waals surface area contributed by atoms with Gasteiger partial charge in [0, 0.05) is 6.04 Å². The lowest BCUT2D eigenvalue weighted by atomic mass is 9.93. The first-order chi connectivity index (χ1) is 11.6. The first-order valence-corrected chi connectivity index (χ1v) is 8.71. The Bertz CT molecular complexity index is 676. The first kappa shape index (κ1) is 16.7. The summed E-state index contributed by atoms with van der Waals surface area (Å²) in [6.07, 6.45) is 2.10. The summed E-state index contributed by atoms with van der Waals surface area (Å²) >= 11 is 0. The predicted octanol–water partition coefficient (Wildman–Crippen LogP) is 3.33. The summed E-state index contributed by atoms with van der Waals surface area (Å²) in [5, 5.41) is 3.00. The van der Waals surface area contributed by atoms with E-state index in [1.165, 1.54) is 22.3 Å². The van der Waals surface area contributed by atoms with Crippen LogP contribution in [0, 0.1) is 0 Å². The average molecular weight is 322 g/mol. The van der Waals surface area contributed by atoms with Crippen LogP contribution in [0.5, 0.6) is 0 Å². The largest absolute Gasteiger partial charge is 0.353 e. The number of fused-ring (bicyclic) bond motifs is 2. The molecule has 0 aromatic heterocycles. The van der Waals surface area contributed by atoms with Crippen molar-refractivity contribution in [1.29, 1.82) is 0 Å². The average Bonchev–Trinajstić information content (AvgIpc) is 2.70. The zero-order chi connectivity index (χ0) is 17.1. The van der Waals surface area contributed by atoms with Crippen molar-refractivity contribution in [3.05, 3.63) is 70.8 Å². The van der Waals surface area contributed by atoms with Crippen LogP contribution in [0.2, 0.25) is 0 Å². The minimum absolute atomic E-state index is 0.0757. The smallest absolute Gasteiger partial charge is 0.234 e. The van der Waals surface area contributed by atoms with Gasteiger partial charge in [-0.2, -0.15) is 0 Å². The molecule has 0 heterocycles. The maximum Gasteiger partial charge on any atom is 0.234 e. The van der Waals surface area contributed by atoms with Crippen LogP contribution in [0.4, 0.5) is 0 Å². The Morgan fingerprint density at radius 2 is 1.54 bits per heavy atom. The molecule has 0 spiro atoms. The lowest BCUT2D eigenvalue weighted by Crippen LogP contribution is -2.40. The molecule has 0 saturated carbocycles. The quantitative estimate of drug-likeness (QED) is 0.936. The molecule has 3 nitrogen and oxygen atoms in total. The van der Waals surface area contributed by atoms with Crippen LogP contribution < -0.4 is 5.32 Å². The molecule has 0 atom stereocenters. The van der Waals surface area contributed by atoms with E-state index in [1.807, 2.05) is 20.9 Å². The highest BCUT2D eigenvalue weighted by molar-refractivity contribution is 5.78. The van der Waals surface area contributed by atoms with E-state index in [4.69, 9.17) is 0 Å². The Hall–Kier alpha value is -2.13. The van der Waals surface area contributed by atoms with E-state index in [1.54, 1.807) is 0 Å². The topological polar surface area (TPSA) is 32.3 Å². The Morgan fingerprint density at radius 1 is 1.04 bits per heavy atom. The minimum atomic E-state index is 0.0757. The SMILES string of the molecule is CC(C)NC(=O)CN(C)C1c2ccccc2CCc2ccccc21. The van der Waals surface area contributed by atoms with E-state index >= 15 is 0 Å². The molecule has 0 saturated heterocycles. The van der Waals surface area contributed by atoms with E-state index in [0.717, 1.165) is 12.8 Å². The van der Waals surface area contributed by atoms with Crippen molar-refractivity contribution < 1.29 is 4.79 Å². The van der Waals surface area contributed by atoms with Crippen molar-refractivity contribution in [2.24, 2.45) is 0 Å². The van der Waals surface area contributed by atoms with Gasteiger partial charge in [-0.1, -0.05) is 48.5 Å². The van der Waals surface area contributed by atoms with Gasteiger partial charge in [0.15, 0.2) is 0 Å². The summed E-state index contributed by atoms with van der Waals surface area (Å²) in [6, 6.07) is 17.6. The summed E-state index contributed by atoms with van der Waals surface area (Å²) < 4.78 is 0. The van der Waals surface area contributed by atoms with Crippen LogP contribution in [0.1, 0.15) is 42.1 Å². The van der Waals surface area contributed by atoms with E-state index < -0.39 is 0 Å². The highest BCUT2D eigenvalue weighted by Crippen LogP contribution is 2.35. The standard InChI is InChI=1S/C21H26N2O/c1-15(2)22-20(24)14-23(3)21-18-10-6-4-8-16(18)12-13-17-9-5-7-11-19(17)21/h4-11,15,21H,12-14H2,1-3H3,(H,22,24). The van der Waals surface area contributed by atoms with Gasteiger partial charge in [-0.3, -0.25) is 9.69 Å². The third-order valence-corrected chi connectivity index (χ3v) is 4.65. The van der Waals surface area contributed by atoms with E-state index in [9.17, 15) is 4.79 Å². The Morgan fingerprint density at radius 3 is 2.04 bits per heavy atom. The molecular weight excluding hydrogens is 296 g/mol. The molecular formula is C21H26N2O. The summed E-state index contributed by atoms with van der Waals surface area (Å²) in [6.45, 7) is 4.38. The number of benzene rings is 2. The van der Waals surface area contributed by atoms with Gasteiger partial charge >= 0.3 is 0 Å². The molecule has 0 unspecified atom stereocenters. The zero-order valence-corrected chi connectivity index (χ0v) is 14.8. The van der Waals surface area contributed by atoms with Crippen LogP contribution in [-0.2, 0) is 17.6 Å². The number of rotatable bonds is 4. The second-order valence-corrected chi connectivity index (χ2v) is 6.94. The first-order valence-electron chi connectivity index (χ1n) is 8.71. The maximum atomic E-state index is 12.3. The molecule has 1 N–H and O–H groups in total. The van der Waals surface area contributed by atoms with Crippen molar-refractivity contribution in [3.63, 3.8) is 0 Å². The summed E-state index contributed by atoms with van der Waals surface area (Å²) in [5.41, 5.74) is 5.41. The lowest BCUT2D eigenvalue weighted by molar-refractivity contribution is -0.122. The van der Waals surface area contributed by atoms with Gasteiger partial charge in [0.1, 0.15) is 0 Å². The highest BCUT2D eigenvalue weighted by Gasteiger charge is 2.27. The number of amides is 1.